The topological polar surface area (TPSA) is 108 Å². The number of ether oxygens (including phenoxy) is 1. The SMILES string of the molecule is Cc1cc(Nc2cc(Cl)nc(N[C@@H]3C[C@H]4CC[C@@H](C3)N4C(=O)OC(C)(C)C)n2)n[nH]1. The maximum Gasteiger partial charge on any atom is 0.410 e. The molecule has 0 aromatic carbocycles. The number of hydrogen-bond donors (Lipinski definition) is 3. The van der Waals surface area contributed by atoms with E-state index in [9.17, 15) is 4.79 Å². The Morgan fingerprint density at radius 3 is 2.50 bits per heavy atom. The van der Waals surface area contributed by atoms with Gasteiger partial charge in [0.1, 0.15) is 16.6 Å². The van der Waals surface area contributed by atoms with Crippen molar-refractivity contribution in [2.45, 2.75) is 77.1 Å². The second kappa shape index (κ2) is 7.94. The highest BCUT2D eigenvalue weighted by atomic mass is 35.5. The van der Waals surface area contributed by atoms with Crippen molar-refractivity contribution < 1.29 is 9.53 Å². The van der Waals surface area contributed by atoms with Crippen LogP contribution in [0.2, 0.25) is 5.15 Å². The van der Waals surface area contributed by atoms with Crippen molar-refractivity contribution in [3.05, 3.63) is 23.0 Å². The molecule has 0 saturated carbocycles. The Balaban J connectivity index is 1.42. The number of carbonyl (C=O) groups is 1. The fourth-order valence-electron chi connectivity index (χ4n) is 4.25. The summed E-state index contributed by atoms with van der Waals surface area (Å²) in [6.45, 7) is 7.62. The number of H-pyrrole nitrogens is 1. The van der Waals surface area contributed by atoms with Crippen LogP contribution in [0.15, 0.2) is 12.1 Å². The Morgan fingerprint density at radius 2 is 1.90 bits per heavy atom. The number of nitrogens with one attached hydrogen (secondary N) is 3. The molecule has 9 nitrogen and oxygen atoms in total. The lowest BCUT2D eigenvalue weighted by atomic mass is 9.98. The van der Waals surface area contributed by atoms with Crippen molar-refractivity contribution in [1.82, 2.24) is 25.1 Å². The molecule has 2 aromatic heterocycles. The van der Waals surface area contributed by atoms with Gasteiger partial charge in [0.2, 0.25) is 5.95 Å². The minimum absolute atomic E-state index is 0.167. The lowest BCUT2D eigenvalue weighted by Crippen LogP contribution is -2.51. The van der Waals surface area contributed by atoms with E-state index in [4.69, 9.17) is 16.3 Å². The lowest BCUT2D eigenvalue weighted by Gasteiger charge is -2.39. The van der Waals surface area contributed by atoms with Crippen LogP contribution in [0.3, 0.4) is 0 Å². The molecule has 2 aromatic rings. The Morgan fingerprint density at radius 1 is 1.20 bits per heavy atom. The highest BCUT2D eigenvalue weighted by Gasteiger charge is 2.45. The van der Waals surface area contributed by atoms with Gasteiger partial charge in [-0.1, -0.05) is 11.6 Å². The monoisotopic (exact) mass is 433 g/mol. The Labute approximate surface area is 180 Å². The molecule has 30 heavy (non-hydrogen) atoms. The van der Waals surface area contributed by atoms with Crippen molar-refractivity contribution in [1.29, 1.82) is 0 Å². The molecule has 4 rings (SSSR count). The van der Waals surface area contributed by atoms with Crippen LogP contribution >= 0.6 is 11.6 Å². The minimum atomic E-state index is -0.490. The van der Waals surface area contributed by atoms with Crippen molar-refractivity contribution in [2.75, 3.05) is 10.6 Å². The third-order valence-electron chi connectivity index (χ3n) is 5.33. The molecule has 3 N–H and O–H groups in total. The summed E-state index contributed by atoms with van der Waals surface area (Å²) in [7, 11) is 0. The first-order valence-electron chi connectivity index (χ1n) is 10.3. The minimum Gasteiger partial charge on any atom is -0.444 e. The van der Waals surface area contributed by atoms with Crippen LogP contribution in [0.4, 0.5) is 22.4 Å². The number of aromatic amines is 1. The molecular weight excluding hydrogens is 406 g/mol. The van der Waals surface area contributed by atoms with Gasteiger partial charge in [0.25, 0.3) is 0 Å². The number of halogens is 1. The number of aryl methyl sites for hydroxylation is 1. The van der Waals surface area contributed by atoms with E-state index < -0.39 is 5.60 Å². The van der Waals surface area contributed by atoms with Gasteiger partial charge in [-0.15, -0.1) is 0 Å². The number of anilines is 3. The zero-order valence-corrected chi connectivity index (χ0v) is 18.5. The van der Waals surface area contributed by atoms with Crippen LogP contribution < -0.4 is 10.6 Å². The molecule has 2 fully saturated rings. The molecule has 3 atom stereocenters. The fourth-order valence-corrected chi connectivity index (χ4v) is 4.43. The van der Waals surface area contributed by atoms with E-state index >= 15 is 0 Å². The molecule has 2 saturated heterocycles. The number of amides is 1. The summed E-state index contributed by atoms with van der Waals surface area (Å²) in [6, 6.07) is 4.04. The van der Waals surface area contributed by atoms with Crippen LogP contribution in [0.1, 0.15) is 52.1 Å². The maximum atomic E-state index is 12.6. The van der Waals surface area contributed by atoms with Crippen molar-refractivity contribution in [3.63, 3.8) is 0 Å². The maximum absolute atomic E-state index is 12.6. The Bertz CT molecular complexity index is 912. The Hall–Kier alpha value is -2.55. The van der Waals surface area contributed by atoms with Gasteiger partial charge in [-0.2, -0.15) is 10.1 Å². The second-order valence-corrected chi connectivity index (χ2v) is 9.43. The van der Waals surface area contributed by atoms with Gasteiger partial charge in [0.05, 0.1) is 0 Å². The van der Waals surface area contributed by atoms with Gasteiger partial charge in [0.15, 0.2) is 5.82 Å². The fraction of sp³-hybridized carbons (Fsp3) is 0.600. The summed E-state index contributed by atoms with van der Waals surface area (Å²) in [5.74, 6) is 1.70. The molecule has 2 aliphatic heterocycles. The molecule has 10 heteroatoms. The molecule has 4 heterocycles. The van der Waals surface area contributed by atoms with E-state index in [1.54, 1.807) is 6.07 Å². The first-order chi connectivity index (χ1) is 14.2. The van der Waals surface area contributed by atoms with Gasteiger partial charge in [-0.05, 0) is 53.4 Å². The number of aromatic nitrogens is 4. The summed E-state index contributed by atoms with van der Waals surface area (Å²) < 4.78 is 5.61. The summed E-state index contributed by atoms with van der Waals surface area (Å²) in [6.07, 6.45) is 3.42. The first kappa shape index (κ1) is 20.7. The van der Waals surface area contributed by atoms with Crippen LogP contribution in [-0.4, -0.2) is 54.9 Å². The van der Waals surface area contributed by atoms with E-state index in [-0.39, 0.29) is 24.2 Å². The third kappa shape index (κ3) is 4.77. The highest BCUT2D eigenvalue weighted by molar-refractivity contribution is 6.29. The van der Waals surface area contributed by atoms with Crippen molar-refractivity contribution in [2.24, 2.45) is 0 Å². The average Bonchev–Trinajstić information content (AvgIpc) is 3.13. The number of carbonyl (C=O) groups excluding carboxylic acids is 1. The molecular formula is C20H28ClN7O2. The molecule has 2 bridgehead atoms. The zero-order valence-electron chi connectivity index (χ0n) is 17.7. The van der Waals surface area contributed by atoms with E-state index in [2.05, 4.69) is 30.8 Å². The van der Waals surface area contributed by atoms with Gasteiger partial charge in [0, 0.05) is 36.0 Å². The molecule has 0 radical (unpaired) electrons. The highest BCUT2D eigenvalue weighted by Crippen LogP contribution is 2.37. The Kier molecular flexibility index (Phi) is 5.48. The molecule has 2 aliphatic rings. The molecule has 0 spiro atoms. The number of hydrogen-bond acceptors (Lipinski definition) is 7. The second-order valence-electron chi connectivity index (χ2n) is 9.05. The summed E-state index contributed by atoms with van der Waals surface area (Å²) >= 11 is 6.21. The summed E-state index contributed by atoms with van der Waals surface area (Å²) in [4.78, 5) is 23.4. The van der Waals surface area contributed by atoms with E-state index in [0.29, 0.717) is 22.7 Å². The quantitative estimate of drug-likeness (QED) is 0.618. The zero-order chi connectivity index (χ0) is 21.5. The molecule has 162 valence electrons. The van der Waals surface area contributed by atoms with Crippen LogP contribution in [0.5, 0.6) is 0 Å². The van der Waals surface area contributed by atoms with E-state index in [1.807, 2.05) is 38.7 Å². The first-order valence-corrected chi connectivity index (χ1v) is 10.7. The van der Waals surface area contributed by atoms with Crippen LogP contribution in [0, 0.1) is 6.92 Å². The molecule has 1 amide bonds. The summed E-state index contributed by atoms with van der Waals surface area (Å²) in [5, 5.41) is 13.9. The molecule has 0 unspecified atom stereocenters. The number of nitrogens with zero attached hydrogens (tertiary/aromatic N) is 4. The third-order valence-corrected chi connectivity index (χ3v) is 5.52. The molecule has 0 aliphatic carbocycles. The largest absolute Gasteiger partial charge is 0.444 e. The normalized spacial score (nSPS) is 23.4. The average molecular weight is 434 g/mol. The van der Waals surface area contributed by atoms with E-state index in [0.717, 1.165) is 31.4 Å². The number of fused-ring (bicyclic) bond motifs is 2. The van der Waals surface area contributed by atoms with Crippen molar-refractivity contribution in [3.8, 4) is 0 Å². The van der Waals surface area contributed by atoms with Gasteiger partial charge in [-0.25, -0.2) is 9.78 Å². The lowest BCUT2D eigenvalue weighted by molar-refractivity contribution is 0.00682. The predicted molar refractivity (Wildman–Crippen MR) is 115 cm³/mol. The van der Waals surface area contributed by atoms with Crippen molar-refractivity contribution >= 4 is 35.3 Å². The smallest absolute Gasteiger partial charge is 0.410 e. The predicted octanol–water partition coefficient (Wildman–Crippen LogP) is 4.25. The van der Waals surface area contributed by atoms with Gasteiger partial charge < -0.3 is 20.3 Å². The van der Waals surface area contributed by atoms with Crippen LogP contribution in [0.25, 0.3) is 0 Å². The van der Waals surface area contributed by atoms with Gasteiger partial charge >= 0.3 is 6.09 Å². The van der Waals surface area contributed by atoms with Gasteiger partial charge in [-0.3, -0.25) is 5.10 Å². The number of piperidine rings is 1. The van der Waals surface area contributed by atoms with Crippen LogP contribution in [-0.2, 0) is 4.74 Å². The summed E-state index contributed by atoms with van der Waals surface area (Å²) in [5.41, 5.74) is 0.458. The van der Waals surface area contributed by atoms with E-state index in [1.165, 1.54) is 0 Å². The number of rotatable bonds is 4. The standard InChI is InChI=1S/C20H28ClN7O2/c1-11-7-17(27-26-11)24-16-10-15(21)23-18(25-16)22-12-8-13-5-6-14(9-12)28(13)19(29)30-20(2,3)4/h7,10,12-14H,5-6,8-9H2,1-4H3,(H3,22,23,24,25,26,27)/t12-,13-,14+.